The SMILES string of the molecule is CN(CCCOCCc1ccccc1)CC(=O)NC(C)(C)C. The van der Waals surface area contributed by atoms with E-state index in [1.807, 2.05) is 50.9 Å². The number of carbonyl (C=O) groups is 1. The molecule has 1 aromatic carbocycles. The summed E-state index contributed by atoms with van der Waals surface area (Å²) in [6, 6.07) is 10.4. The van der Waals surface area contributed by atoms with Crippen LogP contribution in [0.4, 0.5) is 0 Å². The highest BCUT2D eigenvalue weighted by atomic mass is 16.5. The van der Waals surface area contributed by atoms with Crippen molar-refractivity contribution < 1.29 is 9.53 Å². The minimum absolute atomic E-state index is 0.0694. The van der Waals surface area contributed by atoms with Gasteiger partial charge in [-0.15, -0.1) is 0 Å². The van der Waals surface area contributed by atoms with Crippen LogP contribution in [0.2, 0.25) is 0 Å². The van der Waals surface area contributed by atoms with Gasteiger partial charge in [0.1, 0.15) is 0 Å². The lowest BCUT2D eigenvalue weighted by Crippen LogP contribution is -2.45. The Morgan fingerprint density at radius 1 is 1.18 bits per heavy atom. The first-order valence-corrected chi connectivity index (χ1v) is 7.98. The summed E-state index contributed by atoms with van der Waals surface area (Å²) in [7, 11) is 1.96. The van der Waals surface area contributed by atoms with Crippen molar-refractivity contribution in [3.63, 3.8) is 0 Å². The molecule has 1 N–H and O–H groups in total. The fraction of sp³-hybridized carbons (Fsp3) is 0.611. The summed E-state index contributed by atoms with van der Waals surface area (Å²) < 4.78 is 5.65. The fourth-order valence-corrected chi connectivity index (χ4v) is 2.16. The van der Waals surface area contributed by atoms with E-state index >= 15 is 0 Å². The van der Waals surface area contributed by atoms with Gasteiger partial charge in [0.2, 0.25) is 5.91 Å². The predicted octanol–water partition coefficient (Wildman–Crippen LogP) is 2.48. The van der Waals surface area contributed by atoms with Gasteiger partial charge in [-0.3, -0.25) is 9.69 Å². The monoisotopic (exact) mass is 306 g/mol. The van der Waals surface area contributed by atoms with E-state index in [0.29, 0.717) is 6.54 Å². The molecule has 0 unspecified atom stereocenters. The Labute approximate surface area is 134 Å². The van der Waals surface area contributed by atoms with Gasteiger partial charge in [-0.25, -0.2) is 0 Å². The molecule has 0 aliphatic rings. The lowest BCUT2D eigenvalue weighted by molar-refractivity contribution is -0.123. The third kappa shape index (κ3) is 9.53. The number of likely N-dealkylation sites (N-methyl/N-ethyl adjacent to an activating group) is 1. The number of carbonyl (C=O) groups excluding carboxylic acids is 1. The minimum atomic E-state index is -0.168. The first kappa shape index (κ1) is 18.7. The first-order chi connectivity index (χ1) is 10.4. The van der Waals surface area contributed by atoms with Gasteiger partial charge in [-0.1, -0.05) is 30.3 Å². The average Bonchev–Trinajstić information content (AvgIpc) is 2.41. The Kier molecular flexibility index (Phi) is 8.13. The van der Waals surface area contributed by atoms with Crippen LogP contribution in [0.5, 0.6) is 0 Å². The summed E-state index contributed by atoms with van der Waals surface area (Å²) in [5.41, 5.74) is 1.14. The number of hydrogen-bond acceptors (Lipinski definition) is 3. The third-order valence-electron chi connectivity index (χ3n) is 3.13. The van der Waals surface area contributed by atoms with E-state index in [4.69, 9.17) is 4.74 Å². The van der Waals surface area contributed by atoms with Gasteiger partial charge in [0.05, 0.1) is 13.2 Å². The summed E-state index contributed by atoms with van der Waals surface area (Å²) in [5, 5.41) is 2.97. The number of nitrogens with one attached hydrogen (secondary N) is 1. The Morgan fingerprint density at radius 2 is 1.86 bits per heavy atom. The Bertz CT molecular complexity index is 426. The number of benzene rings is 1. The molecular formula is C18H30N2O2. The van der Waals surface area contributed by atoms with Crippen LogP contribution < -0.4 is 5.32 Å². The summed E-state index contributed by atoms with van der Waals surface area (Å²) in [5.74, 6) is 0.0694. The molecule has 22 heavy (non-hydrogen) atoms. The van der Waals surface area contributed by atoms with E-state index in [0.717, 1.165) is 32.6 Å². The second-order valence-electron chi connectivity index (χ2n) is 6.74. The predicted molar refractivity (Wildman–Crippen MR) is 91.0 cm³/mol. The number of nitrogens with zero attached hydrogens (tertiary/aromatic N) is 1. The fourth-order valence-electron chi connectivity index (χ4n) is 2.16. The third-order valence-corrected chi connectivity index (χ3v) is 3.13. The quantitative estimate of drug-likeness (QED) is 0.713. The highest BCUT2D eigenvalue weighted by molar-refractivity contribution is 5.78. The molecule has 4 heteroatoms. The number of ether oxygens (including phenoxy) is 1. The molecule has 0 heterocycles. The number of rotatable bonds is 9. The summed E-state index contributed by atoms with van der Waals surface area (Å²) in [6.07, 6.45) is 1.89. The van der Waals surface area contributed by atoms with E-state index < -0.39 is 0 Å². The zero-order valence-corrected chi connectivity index (χ0v) is 14.4. The molecule has 0 aromatic heterocycles. The van der Waals surface area contributed by atoms with Crippen LogP contribution in [0.25, 0.3) is 0 Å². The van der Waals surface area contributed by atoms with Crippen molar-refractivity contribution in [3.8, 4) is 0 Å². The topological polar surface area (TPSA) is 41.6 Å². The van der Waals surface area contributed by atoms with Crippen LogP contribution in [0.1, 0.15) is 32.8 Å². The van der Waals surface area contributed by atoms with Crippen LogP contribution in [0.15, 0.2) is 30.3 Å². The minimum Gasteiger partial charge on any atom is -0.381 e. The van der Waals surface area contributed by atoms with Crippen molar-refractivity contribution >= 4 is 5.91 Å². The van der Waals surface area contributed by atoms with Gasteiger partial charge in [-0.2, -0.15) is 0 Å². The Hall–Kier alpha value is -1.39. The van der Waals surface area contributed by atoms with Crippen molar-refractivity contribution in [2.75, 3.05) is 33.4 Å². The molecule has 0 saturated carbocycles. The molecule has 124 valence electrons. The molecule has 0 aliphatic carbocycles. The molecule has 1 aromatic rings. The van der Waals surface area contributed by atoms with Crippen LogP contribution in [-0.4, -0.2) is 49.7 Å². The van der Waals surface area contributed by atoms with Gasteiger partial charge in [0.25, 0.3) is 0 Å². The Morgan fingerprint density at radius 3 is 2.50 bits per heavy atom. The van der Waals surface area contributed by atoms with E-state index in [-0.39, 0.29) is 11.4 Å². The zero-order chi connectivity index (χ0) is 16.4. The molecule has 0 aliphatic heterocycles. The molecular weight excluding hydrogens is 276 g/mol. The van der Waals surface area contributed by atoms with E-state index in [9.17, 15) is 4.79 Å². The molecule has 0 radical (unpaired) electrons. The molecule has 0 bridgehead atoms. The molecule has 1 amide bonds. The maximum Gasteiger partial charge on any atom is 0.234 e. The molecule has 4 nitrogen and oxygen atoms in total. The van der Waals surface area contributed by atoms with Gasteiger partial charge < -0.3 is 10.1 Å². The van der Waals surface area contributed by atoms with Gasteiger partial charge >= 0.3 is 0 Å². The second-order valence-corrected chi connectivity index (χ2v) is 6.74. The number of amides is 1. The molecule has 1 rings (SSSR count). The summed E-state index contributed by atoms with van der Waals surface area (Å²) in [4.78, 5) is 13.8. The van der Waals surface area contributed by atoms with Crippen molar-refractivity contribution in [3.05, 3.63) is 35.9 Å². The highest BCUT2D eigenvalue weighted by Gasteiger charge is 2.14. The van der Waals surface area contributed by atoms with Crippen LogP contribution >= 0.6 is 0 Å². The van der Waals surface area contributed by atoms with Gasteiger partial charge in [0.15, 0.2) is 0 Å². The molecule has 0 fully saturated rings. The van der Waals surface area contributed by atoms with Crippen LogP contribution in [-0.2, 0) is 16.0 Å². The standard InChI is InChI=1S/C18H30N2O2/c1-18(2,3)19-17(21)15-20(4)12-8-13-22-14-11-16-9-6-5-7-10-16/h5-7,9-10H,8,11-15H2,1-4H3,(H,19,21). The molecule has 0 spiro atoms. The zero-order valence-electron chi connectivity index (χ0n) is 14.4. The van der Waals surface area contributed by atoms with Crippen molar-refractivity contribution in [1.82, 2.24) is 10.2 Å². The Balaban J connectivity index is 2.03. The smallest absolute Gasteiger partial charge is 0.234 e. The lowest BCUT2D eigenvalue weighted by Gasteiger charge is -2.23. The van der Waals surface area contributed by atoms with Crippen LogP contribution in [0.3, 0.4) is 0 Å². The lowest BCUT2D eigenvalue weighted by atomic mass is 10.1. The van der Waals surface area contributed by atoms with Crippen LogP contribution in [0, 0.1) is 0 Å². The molecule has 0 atom stereocenters. The largest absolute Gasteiger partial charge is 0.381 e. The average molecular weight is 306 g/mol. The van der Waals surface area contributed by atoms with E-state index in [1.165, 1.54) is 5.56 Å². The second kappa shape index (κ2) is 9.59. The number of hydrogen-bond donors (Lipinski definition) is 1. The maximum atomic E-state index is 11.8. The van der Waals surface area contributed by atoms with Crippen molar-refractivity contribution in [1.29, 1.82) is 0 Å². The van der Waals surface area contributed by atoms with E-state index in [2.05, 4.69) is 17.4 Å². The van der Waals surface area contributed by atoms with Gasteiger partial charge in [-0.05, 0) is 46.2 Å². The summed E-state index contributed by atoms with van der Waals surface area (Å²) >= 11 is 0. The van der Waals surface area contributed by atoms with E-state index in [1.54, 1.807) is 0 Å². The normalized spacial score (nSPS) is 11.7. The highest BCUT2D eigenvalue weighted by Crippen LogP contribution is 2.00. The maximum absolute atomic E-state index is 11.8. The van der Waals surface area contributed by atoms with Crippen molar-refractivity contribution in [2.45, 2.75) is 39.2 Å². The van der Waals surface area contributed by atoms with Gasteiger partial charge in [0, 0.05) is 18.7 Å². The summed E-state index contributed by atoms with van der Waals surface area (Å²) in [6.45, 7) is 8.75. The first-order valence-electron chi connectivity index (χ1n) is 7.98. The van der Waals surface area contributed by atoms with Crippen molar-refractivity contribution in [2.24, 2.45) is 0 Å². The molecule has 0 saturated heterocycles.